The molecule has 0 saturated carbocycles. The lowest BCUT2D eigenvalue weighted by molar-refractivity contribution is 0.162. The van der Waals surface area contributed by atoms with Crippen molar-refractivity contribution in [3.8, 4) is 0 Å². The van der Waals surface area contributed by atoms with Gasteiger partial charge in [0.1, 0.15) is 0 Å². The van der Waals surface area contributed by atoms with Crippen molar-refractivity contribution in [3.63, 3.8) is 0 Å². The number of aromatic nitrogens is 2. The van der Waals surface area contributed by atoms with Crippen LogP contribution >= 0.6 is 0 Å². The van der Waals surface area contributed by atoms with E-state index in [1.54, 1.807) is 11.4 Å². The quantitative estimate of drug-likeness (QED) is 0.865. The zero-order valence-corrected chi connectivity index (χ0v) is 13.2. The molecule has 0 radical (unpaired) electrons. The van der Waals surface area contributed by atoms with Crippen LogP contribution in [-0.4, -0.2) is 59.4 Å². The first-order chi connectivity index (χ1) is 10.00. The zero-order valence-electron chi connectivity index (χ0n) is 12.4. The average molecular weight is 313 g/mol. The molecule has 1 aromatic rings. The van der Waals surface area contributed by atoms with E-state index < -0.39 is 10.0 Å². The molecule has 7 nitrogen and oxygen atoms in total. The summed E-state index contributed by atoms with van der Waals surface area (Å²) in [5.41, 5.74) is 5.74. The maximum Gasteiger partial charge on any atom is 0.262 e. The second kappa shape index (κ2) is 5.58. The molecule has 1 unspecified atom stereocenters. The van der Waals surface area contributed by atoms with Crippen LogP contribution in [0.25, 0.3) is 0 Å². The van der Waals surface area contributed by atoms with E-state index in [-0.39, 0.29) is 10.8 Å². The van der Waals surface area contributed by atoms with Gasteiger partial charge in [-0.1, -0.05) is 0 Å². The van der Waals surface area contributed by atoms with Gasteiger partial charge >= 0.3 is 0 Å². The van der Waals surface area contributed by atoms with Crippen LogP contribution in [0.4, 0.5) is 5.82 Å². The highest BCUT2D eigenvalue weighted by Gasteiger charge is 2.36. The maximum absolute atomic E-state index is 12.8. The molecule has 0 amide bonds. The first kappa shape index (κ1) is 14.8. The minimum absolute atomic E-state index is 0.0841. The van der Waals surface area contributed by atoms with Gasteiger partial charge in [0.2, 0.25) is 0 Å². The van der Waals surface area contributed by atoms with Crippen LogP contribution in [-0.2, 0) is 17.1 Å². The third-order valence-electron chi connectivity index (χ3n) is 4.51. The van der Waals surface area contributed by atoms with Crippen molar-refractivity contribution in [2.24, 2.45) is 7.05 Å². The van der Waals surface area contributed by atoms with E-state index in [0.29, 0.717) is 19.1 Å². The fourth-order valence-electron chi connectivity index (χ4n) is 3.42. The summed E-state index contributed by atoms with van der Waals surface area (Å²) in [6, 6.07) is 0.338. The van der Waals surface area contributed by atoms with Crippen molar-refractivity contribution in [3.05, 3.63) is 6.33 Å². The minimum atomic E-state index is -3.56. The Kier molecular flexibility index (Phi) is 3.94. The Morgan fingerprint density at radius 1 is 1.24 bits per heavy atom. The second-order valence-electron chi connectivity index (χ2n) is 5.95. The Morgan fingerprint density at radius 2 is 1.95 bits per heavy atom. The Balaban J connectivity index is 1.82. The van der Waals surface area contributed by atoms with Crippen molar-refractivity contribution in [1.82, 2.24) is 18.8 Å². The molecule has 0 spiro atoms. The number of aryl methyl sites for hydroxylation is 1. The number of rotatable bonds is 3. The predicted molar refractivity (Wildman–Crippen MR) is 80.2 cm³/mol. The van der Waals surface area contributed by atoms with E-state index >= 15 is 0 Å². The van der Waals surface area contributed by atoms with Crippen molar-refractivity contribution in [2.45, 2.75) is 36.8 Å². The summed E-state index contributed by atoms with van der Waals surface area (Å²) < 4.78 is 28.7. The summed E-state index contributed by atoms with van der Waals surface area (Å²) in [5.74, 6) is 0.0841. The van der Waals surface area contributed by atoms with Crippen molar-refractivity contribution >= 4 is 15.8 Å². The number of anilines is 1. The molecule has 2 saturated heterocycles. The molecule has 21 heavy (non-hydrogen) atoms. The Labute approximate surface area is 125 Å². The van der Waals surface area contributed by atoms with Crippen LogP contribution in [0, 0.1) is 0 Å². The van der Waals surface area contributed by atoms with E-state index in [1.807, 2.05) is 0 Å². The molecule has 2 fully saturated rings. The predicted octanol–water partition coefficient (Wildman–Crippen LogP) is 0.251. The van der Waals surface area contributed by atoms with Crippen LogP contribution < -0.4 is 5.73 Å². The normalized spacial score (nSPS) is 25.5. The summed E-state index contributed by atoms with van der Waals surface area (Å²) in [4.78, 5) is 6.32. The lowest BCUT2D eigenvalue weighted by atomic mass is 10.1. The molecular weight excluding hydrogens is 290 g/mol. The molecule has 0 bridgehead atoms. The first-order valence-electron chi connectivity index (χ1n) is 7.51. The van der Waals surface area contributed by atoms with Gasteiger partial charge in [-0.05, 0) is 38.8 Å². The number of piperidine rings is 1. The average Bonchev–Trinajstić information content (AvgIpc) is 3.09. The highest BCUT2D eigenvalue weighted by atomic mass is 32.2. The van der Waals surface area contributed by atoms with Crippen molar-refractivity contribution < 1.29 is 8.42 Å². The molecule has 2 N–H and O–H groups in total. The summed E-state index contributed by atoms with van der Waals surface area (Å²) >= 11 is 0. The summed E-state index contributed by atoms with van der Waals surface area (Å²) in [6.07, 6.45) is 5.87. The highest BCUT2D eigenvalue weighted by molar-refractivity contribution is 7.89. The van der Waals surface area contributed by atoms with Gasteiger partial charge in [0.25, 0.3) is 10.0 Å². The van der Waals surface area contributed by atoms with Gasteiger partial charge in [-0.15, -0.1) is 0 Å². The number of likely N-dealkylation sites (tertiary alicyclic amines) is 1. The van der Waals surface area contributed by atoms with Gasteiger partial charge in [-0.2, -0.15) is 4.31 Å². The summed E-state index contributed by atoms with van der Waals surface area (Å²) in [7, 11) is -1.90. The van der Waals surface area contributed by atoms with Crippen LogP contribution in [0.1, 0.15) is 25.7 Å². The van der Waals surface area contributed by atoms with Crippen LogP contribution in [0.2, 0.25) is 0 Å². The van der Waals surface area contributed by atoms with Gasteiger partial charge in [0.05, 0.1) is 6.33 Å². The fraction of sp³-hybridized carbons (Fsp3) is 0.769. The second-order valence-corrected chi connectivity index (χ2v) is 7.80. The molecule has 3 rings (SSSR count). The molecule has 2 aliphatic rings. The zero-order chi connectivity index (χ0) is 15.0. The first-order valence-corrected chi connectivity index (χ1v) is 8.95. The molecule has 2 aliphatic heterocycles. The SMILES string of the molecule is Cn1cnc(N)c1S(=O)(=O)N1CCCC(N2CCCC2)C1. The van der Waals surface area contributed by atoms with Crippen molar-refractivity contribution in [1.29, 1.82) is 0 Å². The Hall–Kier alpha value is -1.12. The Morgan fingerprint density at radius 3 is 2.57 bits per heavy atom. The number of nitrogens with two attached hydrogens (primary N) is 1. The van der Waals surface area contributed by atoms with Crippen LogP contribution in [0.5, 0.6) is 0 Å². The highest BCUT2D eigenvalue weighted by Crippen LogP contribution is 2.26. The molecule has 1 atom stereocenters. The minimum Gasteiger partial charge on any atom is -0.381 e. The number of sulfonamides is 1. The van der Waals surface area contributed by atoms with Gasteiger partial charge in [-0.3, -0.25) is 4.90 Å². The largest absolute Gasteiger partial charge is 0.381 e. The molecule has 118 valence electrons. The van der Waals surface area contributed by atoms with Crippen molar-refractivity contribution in [2.75, 3.05) is 31.9 Å². The van der Waals surface area contributed by atoms with Gasteiger partial charge in [-0.25, -0.2) is 13.4 Å². The number of imidazole rings is 1. The molecule has 8 heteroatoms. The van der Waals surface area contributed by atoms with E-state index in [0.717, 1.165) is 25.9 Å². The molecular formula is C13H23N5O2S. The standard InChI is InChI=1S/C13H23N5O2S/c1-16-10-15-12(14)13(16)21(19,20)18-8-4-5-11(9-18)17-6-2-3-7-17/h10-11H,2-9,14H2,1H3. The number of nitrogen functional groups attached to an aromatic ring is 1. The number of nitrogens with zero attached hydrogens (tertiary/aromatic N) is 4. The van der Waals surface area contributed by atoms with Gasteiger partial charge in [0, 0.05) is 26.2 Å². The number of hydrogen-bond donors (Lipinski definition) is 1. The monoisotopic (exact) mass is 313 g/mol. The molecule has 3 heterocycles. The Bertz CT molecular complexity index is 587. The van der Waals surface area contributed by atoms with Crippen LogP contribution in [0.3, 0.4) is 0 Å². The fourth-order valence-corrected chi connectivity index (χ4v) is 5.13. The van der Waals surface area contributed by atoms with Gasteiger partial charge < -0.3 is 10.3 Å². The van der Waals surface area contributed by atoms with E-state index in [2.05, 4.69) is 9.88 Å². The third-order valence-corrected chi connectivity index (χ3v) is 6.51. The smallest absolute Gasteiger partial charge is 0.262 e. The summed E-state index contributed by atoms with van der Waals surface area (Å²) in [6.45, 7) is 3.31. The molecule has 0 aliphatic carbocycles. The lowest BCUT2D eigenvalue weighted by Crippen LogP contribution is -2.49. The topological polar surface area (TPSA) is 84.5 Å². The van der Waals surface area contributed by atoms with E-state index in [4.69, 9.17) is 5.73 Å². The van der Waals surface area contributed by atoms with E-state index in [9.17, 15) is 8.42 Å². The van der Waals surface area contributed by atoms with Crippen LogP contribution in [0.15, 0.2) is 11.4 Å². The lowest BCUT2D eigenvalue weighted by Gasteiger charge is -2.36. The maximum atomic E-state index is 12.8. The van der Waals surface area contributed by atoms with Gasteiger partial charge in [0.15, 0.2) is 10.8 Å². The van der Waals surface area contributed by atoms with E-state index in [1.165, 1.54) is 23.7 Å². The third kappa shape index (κ3) is 2.67. The summed E-state index contributed by atoms with van der Waals surface area (Å²) in [5, 5.41) is 0.115. The molecule has 0 aromatic carbocycles. The molecule has 1 aromatic heterocycles. The number of hydrogen-bond acceptors (Lipinski definition) is 5.